The summed E-state index contributed by atoms with van der Waals surface area (Å²) in [5.74, 6) is -1.07. The molecule has 2 aromatic rings. The van der Waals surface area contributed by atoms with Crippen molar-refractivity contribution in [2.75, 3.05) is 5.75 Å². The molecular weight excluding hydrogens is 323 g/mol. The summed E-state index contributed by atoms with van der Waals surface area (Å²) in [5, 5.41) is 0.442. The molecule has 0 heterocycles. The normalized spacial score (nSPS) is 14.8. The second kappa shape index (κ2) is 6.39. The molecule has 0 fully saturated rings. The fraction of sp³-hybridized carbons (Fsp3) is 0.294. The maximum absolute atomic E-state index is 15.5. The van der Waals surface area contributed by atoms with E-state index in [2.05, 4.69) is 0 Å². The van der Waals surface area contributed by atoms with Crippen molar-refractivity contribution in [3.8, 4) is 0 Å². The maximum atomic E-state index is 15.5. The Morgan fingerprint density at radius 1 is 1.05 bits per heavy atom. The SMILES string of the molecule is CC(C)C(F)(CS(=O)(=O)c1ccc(Cl)cc1)c1ccccc1. The minimum atomic E-state index is -3.76. The minimum absolute atomic E-state index is 0.0792. The average Bonchev–Trinajstić information content (AvgIpc) is 2.48. The smallest absolute Gasteiger partial charge is 0.181 e. The van der Waals surface area contributed by atoms with Crippen molar-refractivity contribution >= 4 is 21.4 Å². The summed E-state index contributed by atoms with van der Waals surface area (Å²) in [5.41, 5.74) is -1.57. The van der Waals surface area contributed by atoms with Crippen LogP contribution in [0.3, 0.4) is 0 Å². The van der Waals surface area contributed by atoms with E-state index in [-0.39, 0.29) is 4.90 Å². The molecule has 2 nitrogen and oxygen atoms in total. The molecular formula is C17H18ClFO2S. The van der Waals surface area contributed by atoms with Crippen LogP contribution in [-0.4, -0.2) is 14.2 Å². The topological polar surface area (TPSA) is 34.1 Å². The van der Waals surface area contributed by atoms with E-state index in [1.165, 1.54) is 24.3 Å². The van der Waals surface area contributed by atoms with Crippen molar-refractivity contribution in [3.05, 3.63) is 65.2 Å². The lowest BCUT2D eigenvalue weighted by molar-refractivity contribution is 0.127. The molecule has 1 unspecified atom stereocenters. The van der Waals surface area contributed by atoms with Crippen molar-refractivity contribution in [2.45, 2.75) is 24.4 Å². The van der Waals surface area contributed by atoms with Gasteiger partial charge in [-0.2, -0.15) is 0 Å². The minimum Gasteiger partial charge on any atom is -0.237 e. The van der Waals surface area contributed by atoms with Crippen LogP contribution in [0, 0.1) is 5.92 Å². The highest BCUT2D eigenvalue weighted by molar-refractivity contribution is 7.91. The molecule has 0 saturated heterocycles. The van der Waals surface area contributed by atoms with E-state index in [1.807, 2.05) is 0 Å². The number of benzene rings is 2. The van der Waals surface area contributed by atoms with Gasteiger partial charge in [-0.1, -0.05) is 55.8 Å². The van der Waals surface area contributed by atoms with Crippen molar-refractivity contribution in [1.82, 2.24) is 0 Å². The van der Waals surface area contributed by atoms with Crippen molar-refractivity contribution < 1.29 is 12.8 Å². The van der Waals surface area contributed by atoms with Gasteiger partial charge in [0.05, 0.1) is 10.6 Å². The molecule has 0 aromatic heterocycles. The largest absolute Gasteiger partial charge is 0.237 e. The molecule has 2 rings (SSSR count). The highest BCUT2D eigenvalue weighted by atomic mass is 35.5. The summed E-state index contributed by atoms with van der Waals surface area (Å²) in [6.45, 7) is 3.37. The fourth-order valence-corrected chi connectivity index (χ4v) is 4.20. The Morgan fingerprint density at radius 2 is 1.59 bits per heavy atom. The lowest BCUT2D eigenvalue weighted by atomic mass is 9.87. The summed E-state index contributed by atoms with van der Waals surface area (Å²) in [6, 6.07) is 14.2. The molecule has 1 atom stereocenters. The molecule has 0 aliphatic heterocycles. The lowest BCUT2D eigenvalue weighted by Gasteiger charge is -2.29. The summed E-state index contributed by atoms with van der Waals surface area (Å²) < 4.78 is 40.6. The number of sulfone groups is 1. The van der Waals surface area contributed by atoms with Crippen LogP contribution in [0.15, 0.2) is 59.5 Å². The first-order chi connectivity index (χ1) is 10.3. The summed E-state index contributed by atoms with van der Waals surface area (Å²) in [7, 11) is -3.76. The van der Waals surface area contributed by atoms with Crippen LogP contribution >= 0.6 is 11.6 Å². The van der Waals surface area contributed by atoms with Gasteiger partial charge in [0.15, 0.2) is 15.5 Å². The third-order valence-electron chi connectivity index (χ3n) is 3.74. The third kappa shape index (κ3) is 3.50. The third-order valence-corrected chi connectivity index (χ3v) is 5.78. The second-order valence-electron chi connectivity index (χ2n) is 5.60. The quantitative estimate of drug-likeness (QED) is 0.795. The Balaban J connectivity index is 2.42. The molecule has 118 valence electrons. The van der Waals surface area contributed by atoms with Gasteiger partial charge in [0, 0.05) is 5.02 Å². The summed E-state index contributed by atoms with van der Waals surface area (Å²) in [4.78, 5) is 0.0792. The number of halogens is 2. The van der Waals surface area contributed by atoms with Crippen LogP contribution in [0.25, 0.3) is 0 Å². The number of alkyl halides is 1. The number of hydrogen-bond donors (Lipinski definition) is 0. The van der Waals surface area contributed by atoms with Gasteiger partial charge in [-0.05, 0) is 35.7 Å². The zero-order valence-electron chi connectivity index (χ0n) is 12.5. The average molecular weight is 341 g/mol. The van der Waals surface area contributed by atoms with Gasteiger partial charge >= 0.3 is 0 Å². The van der Waals surface area contributed by atoms with Gasteiger partial charge in [-0.25, -0.2) is 12.8 Å². The monoisotopic (exact) mass is 340 g/mol. The molecule has 0 saturated carbocycles. The van der Waals surface area contributed by atoms with Crippen molar-refractivity contribution in [3.63, 3.8) is 0 Å². The zero-order chi connectivity index (χ0) is 16.4. The summed E-state index contributed by atoms with van der Waals surface area (Å²) >= 11 is 5.77. The maximum Gasteiger partial charge on any atom is 0.181 e. The number of hydrogen-bond acceptors (Lipinski definition) is 2. The van der Waals surface area contributed by atoms with Crippen molar-refractivity contribution in [1.29, 1.82) is 0 Å². The molecule has 0 bridgehead atoms. The van der Waals surface area contributed by atoms with Crippen LogP contribution in [-0.2, 0) is 15.5 Å². The Kier molecular flexibility index (Phi) is 4.93. The zero-order valence-corrected chi connectivity index (χ0v) is 14.0. The van der Waals surface area contributed by atoms with E-state index in [9.17, 15) is 8.42 Å². The van der Waals surface area contributed by atoms with Gasteiger partial charge in [0.2, 0.25) is 0 Å². The van der Waals surface area contributed by atoms with Gasteiger partial charge in [-0.15, -0.1) is 0 Å². The molecule has 22 heavy (non-hydrogen) atoms. The van der Waals surface area contributed by atoms with Crippen LogP contribution in [0.4, 0.5) is 4.39 Å². The second-order valence-corrected chi connectivity index (χ2v) is 8.02. The predicted molar refractivity (Wildman–Crippen MR) is 87.6 cm³/mol. The Morgan fingerprint density at radius 3 is 2.09 bits per heavy atom. The predicted octanol–water partition coefficient (Wildman–Crippen LogP) is 4.63. The summed E-state index contributed by atoms with van der Waals surface area (Å²) in [6.07, 6.45) is 0. The van der Waals surface area contributed by atoms with Gasteiger partial charge in [-0.3, -0.25) is 0 Å². The highest BCUT2D eigenvalue weighted by Gasteiger charge is 2.40. The highest BCUT2D eigenvalue weighted by Crippen LogP contribution is 2.37. The van der Waals surface area contributed by atoms with E-state index in [0.29, 0.717) is 10.6 Å². The van der Waals surface area contributed by atoms with Gasteiger partial charge < -0.3 is 0 Å². The molecule has 2 aromatic carbocycles. The first-order valence-electron chi connectivity index (χ1n) is 6.98. The van der Waals surface area contributed by atoms with E-state index in [1.54, 1.807) is 44.2 Å². The van der Waals surface area contributed by atoms with E-state index in [0.717, 1.165) is 0 Å². The lowest BCUT2D eigenvalue weighted by Crippen LogP contribution is -2.35. The number of rotatable bonds is 5. The standard InChI is InChI=1S/C17H18ClFO2S/c1-13(2)17(19,14-6-4-3-5-7-14)12-22(20,21)16-10-8-15(18)9-11-16/h3-11,13H,12H2,1-2H3. The molecule has 0 aliphatic carbocycles. The van der Waals surface area contributed by atoms with E-state index >= 15 is 4.39 Å². The molecule has 0 aliphatic rings. The molecule has 0 radical (unpaired) electrons. The van der Waals surface area contributed by atoms with Gasteiger partial charge in [0.25, 0.3) is 0 Å². The molecule has 0 N–H and O–H groups in total. The first kappa shape index (κ1) is 17.0. The van der Waals surface area contributed by atoms with Crippen LogP contribution in [0.5, 0.6) is 0 Å². The molecule has 5 heteroatoms. The fourth-order valence-electron chi connectivity index (χ4n) is 2.30. The molecule has 0 spiro atoms. The van der Waals surface area contributed by atoms with Crippen molar-refractivity contribution in [2.24, 2.45) is 5.92 Å². The van der Waals surface area contributed by atoms with Crippen LogP contribution < -0.4 is 0 Å². The van der Waals surface area contributed by atoms with E-state index in [4.69, 9.17) is 11.6 Å². The van der Waals surface area contributed by atoms with E-state index < -0.39 is 27.2 Å². The Bertz CT molecular complexity index is 727. The van der Waals surface area contributed by atoms with Crippen LogP contribution in [0.1, 0.15) is 19.4 Å². The van der Waals surface area contributed by atoms with Gasteiger partial charge in [0.1, 0.15) is 0 Å². The molecule has 0 amide bonds. The van der Waals surface area contributed by atoms with Crippen LogP contribution in [0.2, 0.25) is 5.02 Å². The first-order valence-corrected chi connectivity index (χ1v) is 9.01. The Labute approximate surface area is 135 Å². The Hall–Kier alpha value is -1.39.